The molecule has 0 bridgehead atoms. The Kier molecular flexibility index (Phi) is 12.8. The van der Waals surface area contributed by atoms with Gasteiger partial charge in [-0.05, 0) is 67.3 Å². The highest BCUT2D eigenvalue weighted by Gasteiger charge is 2.37. The van der Waals surface area contributed by atoms with Gasteiger partial charge in [0.2, 0.25) is 5.91 Å². The number of carbonyl (C=O) groups is 3. The van der Waals surface area contributed by atoms with E-state index in [1.54, 1.807) is 0 Å². The highest BCUT2D eigenvalue weighted by atomic mass is 32.2. The van der Waals surface area contributed by atoms with E-state index in [1.165, 1.54) is 36.4 Å². The van der Waals surface area contributed by atoms with Crippen molar-refractivity contribution in [2.75, 3.05) is 22.5 Å². The van der Waals surface area contributed by atoms with E-state index in [9.17, 15) is 49.1 Å². The van der Waals surface area contributed by atoms with Crippen LogP contribution in [0.1, 0.15) is 84.7 Å². The molecule has 0 radical (unpaired) electrons. The largest absolute Gasteiger partial charge is 0.416 e. The SMILES string of the molecule is CCCCCC(=O)NS(=O)(=O)c1ccccc1NC(=O)c1ccc(NCCC(C)C)c(NC(=O)c2cc(C(F)(F)F)cc(C(F)(F)F)c2)c1. The third-order valence-corrected chi connectivity index (χ3v) is 8.53. The van der Waals surface area contributed by atoms with Crippen molar-refractivity contribution in [3.8, 4) is 0 Å². The summed E-state index contributed by atoms with van der Waals surface area (Å²) in [4.78, 5) is 38.3. The summed E-state index contributed by atoms with van der Waals surface area (Å²) in [5, 5.41) is 7.77. The number of alkyl halides is 6. The van der Waals surface area contributed by atoms with Gasteiger partial charge in [0, 0.05) is 24.1 Å². The monoisotopic (exact) mass is 714 g/mol. The standard InChI is InChI=1S/C33H36F6N4O5S/c1-4-5-6-11-29(44)43-49(47,48)28-10-8-7-9-26(28)41-30(45)21-12-13-25(40-15-14-20(2)3)27(18-21)42-31(46)22-16-23(32(34,35)36)19-24(17-22)33(37,38)39/h7-10,12-13,16-20,40H,4-6,11,14-15H2,1-3H3,(H,41,45)(H,42,46)(H,43,44). The Morgan fingerprint density at radius 3 is 1.92 bits per heavy atom. The Hall–Kier alpha value is -4.60. The number of benzene rings is 3. The minimum atomic E-state index is -5.18. The van der Waals surface area contributed by atoms with Crippen LogP contribution in [0.3, 0.4) is 0 Å². The second-order valence-electron chi connectivity index (χ2n) is 11.6. The predicted octanol–water partition coefficient (Wildman–Crippen LogP) is 8.07. The van der Waals surface area contributed by atoms with Gasteiger partial charge in [-0.15, -0.1) is 0 Å². The van der Waals surface area contributed by atoms with E-state index < -0.39 is 61.7 Å². The van der Waals surface area contributed by atoms with E-state index in [0.29, 0.717) is 19.4 Å². The number of hydrogen-bond donors (Lipinski definition) is 4. The number of rotatable bonds is 14. The van der Waals surface area contributed by atoms with Crippen molar-refractivity contribution in [3.05, 3.63) is 82.9 Å². The average molecular weight is 715 g/mol. The normalized spacial score (nSPS) is 12.0. The maximum absolute atomic E-state index is 13.4. The topological polar surface area (TPSA) is 133 Å². The first-order chi connectivity index (χ1) is 22.8. The van der Waals surface area contributed by atoms with Crippen molar-refractivity contribution >= 4 is 44.8 Å². The summed E-state index contributed by atoms with van der Waals surface area (Å²) in [5.41, 5.74) is -4.56. The fraction of sp³-hybridized carbons (Fsp3) is 0.364. The predicted molar refractivity (Wildman–Crippen MR) is 173 cm³/mol. The summed E-state index contributed by atoms with van der Waals surface area (Å²) in [5.74, 6) is -2.66. The zero-order valence-corrected chi connectivity index (χ0v) is 27.6. The number of hydrogen-bond acceptors (Lipinski definition) is 6. The van der Waals surface area contributed by atoms with Crippen molar-refractivity contribution in [2.24, 2.45) is 5.92 Å². The van der Waals surface area contributed by atoms with Gasteiger partial charge in [0.25, 0.3) is 21.8 Å². The zero-order valence-electron chi connectivity index (χ0n) is 26.8. The molecule has 3 aromatic rings. The average Bonchev–Trinajstić information content (AvgIpc) is 3.00. The molecular weight excluding hydrogens is 678 g/mol. The Bertz CT molecular complexity index is 1740. The molecule has 0 saturated heterocycles. The van der Waals surface area contributed by atoms with Gasteiger partial charge in [0.15, 0.2) is 0 Å². The number of halogens is 6. The molecule has 16 heteroatoms. The fourth-order valence-electron chi connectivity index (χ4n) is 4.51. The van der Waals surface area contributed by atoms with Gasteiger partial charge in [0.1, 0.15) is 4.90 Å². The van der Waals surface area contributed by atoms with Crippen LogP contribution in [-0.2, 0) is 27.2 Å². The van der Waals surface area contributed by atoms with Crippen molar-refractivity contribution in [1.29, 1.82) is 0 Å². The molecule has 0 spiro atoms. The Labute approximate surface area is 279 Å². The van der Waals surface area contributed by atoms with Gasteiger partial charge < -0.3 is 16.0 Å². The quantitative estimate of drug-likeness (QED) is 0.0986. The molecule has 0 saturated carbocycles. The number of nitrogens with one attached hydrogen (secondary N) is 4. The molecule has 49 heavy (non-hydrogen) atoms. The van der Waals surface area contributed by atoms with Crippen LogP contribution >= 0.6 is 0 Å². The summed E-state index contributed by atoms with van der Waals surface area (Å²) < 4.78 is 109. The smallest absolute Gasteiger partial charge is 0.383 e. The fourth-order valence-corrected chi connectivity index (χ4v) is 5.69. The highest BCUT2D eigenvalue weighted by Crippen LogP contribution is 2.37. The third kappa shape index (κ3) is 11.2. The third-order valence-electron chi connectivity index (χ3n) is 7.10. The molecule has 0 aliphatic heterocycles. The van der Waals surface area contributed by atoms with Crippen molar-refractivity contribution in [1.82, 2.24) is 4.72 Å². The molecule has 0 aliphatic rings. The molecule has 0 unspecified atom stereocenters. The second-order valence-corrected chi connectivity index (χ2v) is 13.2. The molecule has 3 amide bonds. The Morgan fingerprint density at radius 2 is 1.33 bits per heavy atom. The van der Waals surface area contributed by atoms with Gasteiger partial charge in [-0.1, -0.05) is 45.7 Å². The van der Waals surface area contributed by atoms with Crippen LogP contribution in [0.15, 0.2) is 65.6 Å². The first-order valence-corrected chi connectivity index (χ1v) is 16.7. The summed E-state index contributed by atoms with van der Waals surface area (Å²) >= 11 is 0. The number of amides is 3. The van der Waals surface area contributed by atoms with Crippen LogP contribution in [0.5, 0.6) is 0 Å². The molecule has 0 aliphatic carbocycles. The zero-order chi connectivity index (χ0) is 36.6. The lowest BCUT2D eigenvalue weighted by atomic mass is 10.0. The minimum absolute atomic E-state index is 0.0222. The van der Waals surface area contributed by atoms with E-state index in [0.717, 1.165) is 18.9 Å². The van der Waals surface area contributed by atoms with Crippen LogP contribution in [0.2, 0.25) is 0 Å². The van der Waals surface area contributed by atoms with E-state index in [-0.39, 0.29) is 53.2 Å². The van der Waals surface area contributed by atoms with Crippen molar-refractivity contribution in [3.63, 3.8) is 0 Å². The van der Waals surface area contributed by atoms with Gasteiger partial charge in [0.05, 0.1) is 28.2 Å². The van der Waals surface area contributed by atoms with Crippen LogP contribution < -0.4 is 20.7 Å². The molecule has 3 aromatic carbocycles. The van der Waals surface area contributed by atoms with Crippen LogP contribution in [0.4, 0.5) is 43.4 Å². The minimum Gasteiger partial charge on any atom is -0.383 e. The lowest BCUT2D eigenvalue weighted by Gasteiger charge is -2.17. The molecule has 0 fully saturated rings. The van der Waals surface area contributed by atoms with Gasteiger partial charge in [-0.25, -0.2) is 13.1 Å². The number of anilines is 3. The molecule has 9 nitrogen and oxygen atoms in total. The summed E-state index contributed by atoms with van der Waals surface area (Å²) in [6.07, 6.45) is -7.71. The lowest BCUT2D eigenvalue weighted by Crippen LogP contribution is -2.31. The van der Waals surface area contributed by atoms with E-state index in [2.05, 4.69) is 16.0 Å². The maximum Gasteiger partial charge on any atom is 0.416 e. The Morgan fingerprint density at radius 1 is 0.735 bits per heavy atom. The first kappa shape index (κ1) is 38.8. The van der Waals surface area contributed by atoms with Gasteiger partial charge in [-0.3, -0.25) is 14.4 Å². The molecule has 0 atom stereocenters. The van der Waals surface area contributed by atoms with Gasteiger partial charge >= 0.3 is 12.4 Å². The molecule has 266 valence electrons. The molecular formula is C33H36F6N4O5S. The van der Waals surface area contributed by atoms with Gasteiger partial charge in [-0.2, -0.15) is 26.3 Å². The molecule has 3 rings (SSSR count). The van der Waals surface area contributed by atoms with E-state index >= 15 is 0 Å². The first-order valence-electron chi connectivity index (χ1n) is 15.3. The molecule has 0 aromatic heterocycles. The highest BCUT2D eigenvalue weighted by molar-refractivity contribution is 7.90. The molecule has 4 N–H and O–H groups in total. The summed E-state index contributed by atoms with van der Waals surface area (Å²) in [6, 6.07) is 9.58. The van der Waals surface area contributed by atoms with Crippen molar-refractivity contribution in [2.45, 2.75) is 70.1 Å². The lowest BCUT2D eigenvalue weighted by molar-refractivity contribution is -0.143. The summed E-state index contributed by atoms with van der Waals surface area (Å²) in [6.45, 7) is 6.17. The second kappa shape index (κ2) is 16.2. The number of para-hydroxylation sites is 1. The molecule has 0 heterocycles. The summed E-state index contributed by atoms with van der Waals surface area (Å²) in [7, 11) is -4.40. The Balaban J connectivity index is 1.96. The number of unbranched alkanes of at least 4 members (excludes halogenated alkanes) is 2. The number of sulfonamides is 1. The maximum atomic E-state index is 13.4. The van der Waals surface area contributed by atoms with Crippen LogP contribution in [-0.4, -0.2) is 32.7 Å². The van der Waals surface area contributed by atoms with Crippen LogP contribution in [0, 0.1) is 5.92 Å². The van der Waals surface area contributed by atoms with Crippen molar-refractivity contribution < 1.29 is 49.1 Å². The van der Waals surface area contributed by atoms with Crippen LogP contribution in [0.25, 0.3) is 0 Å². The van der Waals surface area contributed by atoms with E-state index in [4.69, 9.17) is 0 Å². The van der Waals surface area contributed by atoms with E-state index in [1.807, 2.05) is 25.5 Å². The number of carbonyl (C=O) groups excluding carboxylic acids is 3.